The number of carbonyl (C=O) groups is 1. The van der Waals surface area contributed by atoms with Crippen molar-refractivity contribution in [3.63, 3.8) is 0 Å². The van der Waals surface area contributed by atoms with E-state index in [-0.39, 0.29) is 6.03 Å². The average molecular weight is 380 g/mol. The molecule has 1 saturated heterocycles. The fraction of sp³-hybridized carbons (Fsp3) is 0.350. The molecular weight excluding hydrogens is 356 g/mol. The molecule has 2 N–H and O–H groups in total. The number of aryl methyl sites for hydroxylation is 1. The van der Waals surface area contributed by atoms with Gasteiger partial charge in [0.2, 0.25) is 0 Å². The molecule has 2 amide bonds. The monoisotopic (exact) mass is 380 g/mol. The SMILES string of the molecule is CCc1nc(-c2cccc(NC(=O)N3CCN(Cc4ccco4)CC3)c2)n[nH]1. The first-order valence-electron chi connectivity index (χ1n) is 9.53. The Morgan fingerprint density at radius 2 is 2.07 bits per heavy atom. The molecule has 3 aromatic rings. The summed E-state index contributed by atoms with van der Waals surface area (Å²) in [6.45, 7) is 5.83. The number of furan rings is 1. The first-order valence-corrected chi connectivity index (χ1v) is 9.53. The fourth-order valence-electron chi connectivity index (χ4n) is 3.25. The number of aromatic amines is 1. The second kappa shape index (κ2) is 8.26. The summed E-state index contributed by atoms with van der Waals surface area (Å²) >= 11 is 0. The van der Waals surface area contributed by atoms with Crippen LogP contribution in [0.4, 0.5) is 10.5 Å². The highest BCUT2D eigenvalue weighted by molar-refractivity contribution is 5.90. The molecule has 0 spiro atoms. The molecule has 0 bridgehead atoms. The van der Waals surface area contributed by atoms with Gasteiger partial charge in [0.1, 0.15) is 11.6 Å². The molecule has 8 heteroatoms. The van der Waals surface area contributed by atoms with Crippen molar-refractivity contribution in [3.8, 4) is 11.4 Å². The lowest BCUT2D eigenvalue weighted by molar-refractivity contribution is 0.137. The Balaban J connectivity index is 1.33. The smallest absolute Gasteiger partial charge is 0.321 e. The highest BCUT2D eigenvalue weighted by Crippen LogP contribution is 2.20. The number of hydrogen-bond acceptors (Lipinski definition) is 5. The second-order valence-electron chi connectivity index (χ2n) is 6.81. The number of carbonyl (C=O) groups excluding carboxylic acids is 1. The van der Waals surface area contributed by atoms with E-state index < -0.39 is 0 Å². The van der Waals surface area contributed by atoms with Crippen LogP contribution in [0.15, 0.2) is 47.1 Å². The van der Waals surface area contributed by atoms with E-state index in [4.69, 9.17) is 4.42 Å². The Bertz CT molecular complexity index is 912. The number of aromatic nitrogens is 3. The molecule has 0 radical (unpaired) electrons. The normalized spacial score (nSPS) is 15.0. The lowest BCUT2D eigenvalue weighted by Gasteiger charge is -2.34. The topological polar surface area (TPSA) is 90.3 Å². The third-order valence-electron chi connectivity index (χ3n) is 4.86. The zero-order valence-corrected chi connectivity index (χ0v) is 15.9. The fourth-order valence-corrected chi connectivity index (χ4v) is 3.25. The summed E-state index contributed by atoms with van der Waals surface area (Å²) in [5.74, 6) is 2.43. The van der Waals surface area contributed by atoms with E-state index in [1.54, 1.807) is 6.26 Å². The number of benzene rings is 1. The van der Waals surface area contributed by atoms with Crippen LogP contribution >= 0.6 is 0 Å². The van der Waals surface area contributed by atoms with Gasteiger partial charge in [-0.1, -0.05) is 19.1 Å². The number of anilines is 1. The number of nitrogens with zero attached hydrogens (tertiary/aromatic N) is 4. The number of urea groups is 1. The van der Waals surface area contributed by atoms with Gasteiger partial charge in [-0.3, -0.25) is 10.00 Å². The number of amides is 2. The summed E-state index contributed by atoms with van der Waals surface area (Å²) in [7, 11) is 0. The molecule has 1 aliphatic rings. The van der Waals surface area contributed by atoms with Crippen molar-refractivity contribution in [2.45, 2.75) is 19.9 Å². The van der Waals surface area contributed by atoms with Crippen molar-refractivity contribution in [3.05, 3.63) is 54.2 Å². The van der Waals surface area contributed by atoms with Gasteiger partial charge in [0.05, 0.1) is 12.8 Å². The standard InChI is InChI=1S/C20H24N6O2/c1-2-18-22-19(24-23-18)15-5-3-6-16(13-15)21-20(27)26-10-8-25(9-11-26)14-17-7-4-12-28-17/h3-7,12-13H,2,8-11,14H2,1H3,(H,21,27)(H,22,23,24). The van der Waals surface area contributed by atoms with E-state index in [1.165, 1.54) is 0 Å². The van der Waals surface area contributed by atoms with E-state index in [9.17, 15) is 4.79 Å². The van der Waals surface area contributed by atoms with Crippen molar-refractivity contribution in [2.24, 2.45) is 0 Å². The van der Waals surface area contributed by atoms with Crippen LogP contribution in [-0.4, -0.2) is 57.2 Å². The summed E-state index contributed by atoms with van der Waals surface area (Å²) < 4.78 is 5.40. The highest BCUT2D eigenvalue weighted by atomic mass is 16.3. The molecule has 1 aliphatic heterocycles. The Kier molecular flexibility index (Phi) is 5.38. The van der Waals surface area contributed by atoms with Gasteiger partial charge in [-0.15, -0.1) is 0 Å². The van der Waals surface area contributed by atoms with Crippen LogP contribution in [0.2, 0.25) is 0 Å². The minimum Gasteiger partial charge on any atom is -0.468 e. The zero-order valence-electron chi connectivity index (χ0n) is 15.9. The van der Waals surface area contributed by atoms with E-state index >= 15 is 0 Å². The highest BCUT2D eigenvalue weighted by Gasteiger charge is 2.21. The molecule has 0 unspecified atom stereocenters. The largest absolute Gasteiger partial charge is 0.468 e. The van der Waals surface area contributed by atoms with E-state index in [0.717, 1.165) is 48.9 Å². The van der Waals surface area contributed by atoms with E-state index in [1.807, 2.05) is 48.2 Å². The summed E-state index contributed by atoms with van der Waals surface area (Å²) in [6, 6.07) is 11.4. The summed E-state index contributed by atoms with van der Waals surface area (Å²) in [5.41, 5.74) is 1.61. The number of piperazine rings is 1. The van der Waals surface area contributed by atoms with Gasteiger partial charge in [-0.05, 0) is 24.3 Å². The minimum atomic E-state index is -0.0842. The van der Waals surface area contributed by atoms with Gasteiger partial charge in [0.15, 0.2) is 5.82 Å². The van der Waals surface area contributed by atoms with Crippen molar-refractivity contribution in [1.82, 2.24) is 25.0 Å². The molecule has 3 heterocycles. The predicted octanol–water partition coefficient (Wildman–Crippen LogP) is 2.98. The maximum absolute atomic E-state index is 12.6. The number of hydrogen-bond donors (Lipinski definition) is 2. The van der Waals surface area contributed by atoms with Crippen molar-refractivity contribution in [1.29, 1.82) is 0 Å². The molecule has 0 aliphatic carbocycles. The van der Waals surface area contributed by atoms with Gasteiger partial charge in [0.25, 0.3) is 0 Å². The molecule has 0 saturated carbocycles. The summed E-state index contributed by atoms with van der Waals surface area (Å²) in [4.78, 5) is 21.2. The third kappa shape index (κ3) is 4.23. The molecule has 1 aromatic carbocycles. The molecule has 1 fully saturated rings. The van der Waals surface area contributed by atoms with Gasteiger partial charge in [-0.25, -0.2) is 9.78 Å². The van der Waals surface area contributed by atoms with Crippen LogP contribution in [0.25, 0.3) is 11.4 Å². The van der Waals surface area contributed by atoms with Crippen molar-refractivity contribution in [2.75, 3.05) is 31.5 Å². The Morgan fingerprint density at radius 3 is 2.79 bits per heavy atom. The van der Waals surface area contributed by atoms with Gasteiger partial charge < -0.3 is 14.6 Å². The van der Waals surface area contributed by atoms with Crippen molar-refractivity contribution >= 4 is 11.7 Å². The lowest BCUT2D eigenvalue weighted by Crippen LogP contribution is -2.49. The van der Waals surface area contributed by atoms with Gasteiger partial charge in [-0.2, -0.15) is 5.10 Å². The lowest BCUT2D eigenvalue weighted by atomic mass is 10.2. The van der Waals surface area contributed by atoms with E-state index in [2.05, 4.69) is 25.4 Å². The summed E-state index contributed by atoms with van der Waals surface area (Å²) in [5, 5.41) is 10.1. The van der Waals surface area contributed by atoms with Crippen LogP contribution in [0.5, 0.6) is 0 Å². The van der Waals surface area contributed by atoms with Crippen molar-refractivity contribution < 1.29 is 9.21 Å². The predicted molar refractivity (Wildman–Crippen MR) is 106 cm³/mol. The van der Waals surface area contributed by atoms with Crippen LogP contribution in [0.1, 0.15) is 18.5 Å². The maximum atomic E-state index is 12.6. The van der Waals surface area contributed by atoms with Crippen LogP contribution in [0.3, 0.4) is 0 Å². The quantitative estimate of drug-likeness (QED) is 0.710. The Hall–Kier alpha value is -3.13. The minimum absolute atomic E-state index is 0.0842. The molecule has 0 atom stereocenters. The van der Waals surface area contributed by atoms with Crippen LogP contribution in [-0.2, 0) is 13.0 Å². The number of H-pyrrole nitrogens is 1. The molecule has 28 heavy (non-hydrogen) atoms. The summed E-state index contributed by atoms with van der Waals surface area (Å²) in [6.07, 6.45) is 2.49. The van der Waals surface area contributed by atoms with Gasteiger partial charge >= 0.3 is 6.03 Å². The van der Waals surface area contributed by atoms with Crippen LogP contribution < -0.4 is 5.32 Å². The van der Waals surface area contributed by atoms with E-state index in [0.29, 0.717) is 18.9 Å². The second-order valence-corrected chi connectivity index (χ2v) is 6.81. The molecule has 146 valence electrons. The molecular formula is C20H24N6O2. The zero-order chi connectivity index (χ0) is 19.3. The maximum Gasteiger partial charge on any atom is 0.321 e. The molecule has 4 rings (SSSR count). The third-order valence-corrected chi connectivity index (χ3v) is 4.86. The number of nitrogens with one attached hydrogen (secondary N) is 2. The Morgan fingerprint density at radius 1 is 1.21 bits per heavy atom. The molecule has 2 aromatic heterocycles. The van der Waals surface area contributed by atoms with Crippen LogP contribution in [0, 0.1) is 0 Å². The first-order chi connectivity index (χ1) is 13.7. The first kappa shape index (κ1) is 18.2. The van der Waals surface area contributed by atoms with Gasteiger partial charge in [0, 0.05) is 43.9 Å². The average Bonchev–Trinajstić information content (AvgIpc) is 3.40. The Labute approximate surface area is 163 Å². The number of rotatable bonds is 5. The molecule has 8 nitrogen and oxygen atoms in total.